The summed E-state index contributed by atoms with van der Waals surface area (Å²) in [6.07, 6.45) is 3.63. The molecule has 0 radical (unpaired) electrons. The van der Waals surface area contributed by atoms with Crippen molar-refractivity contribution in [3.8, 4) is 0 Å². The molecule has 0 heterocycles. The fourth-order valence-corrected chi connectivity index (χ4v) is 2.05. The minimum atomic E-state index is -0.411. The third-order valence-electron chi connectivity index (χ3n) is 3.41. The molecule has 0 spiro atoms. The van der Waals surface area contributed by atoms with Crippen LogP contribution < -0.4 is 16.0 Å². The highest BCUT2D eigenvalue weighted by atomic mass is 16.3. The van der Waals surface area contributed by atoms with Crippen molar-refractivity contribution in [2.75, 3.05) is 26.7 Å². The van der Waals surface area contributed by atoms with Gasteiger partial charge >= 0.3 is 0 Å². The second-order valence-electron chi connectivity index (χ2n) is 4.29. The number of hydrogen-bond acceptors (Lipinski definition) is 4. The van der Waals surface area contributed by atoms with Crippen LogP contribution in [0.5, 0.6) is 0 Å². The molecule has 0 rings (SSSR count). The third kappa shape index (κ3) is 4.24. The molecule has 0 saturated heterocycles. The highest BCUT2D eigenvalue weighted by Gasteiger charge is 2.38. The molecule has 0 aromatic carbocycles. The second-order valence-corrected chi connectivity index (χ2v) is 4.29. The van der Waals surface area contributed by atoms with Gasteiger partial charge in [0, 0.05) is 25.2 Å². The lowest BCUT2D eigenvalue weighted by molar-refractivity contribution is 0.104. The number of aliphatic hydroxyl groups excluding tert-OH is 1. The van der Waals surface area contributed by atoms with Gasteiger partial charge in [-0.15, -0.1) is 13.2 Å². The maximum atomic E-state index is 9.72. The van der Waals surface area contributed by atoms with Crippen LogP contribution in [0, 0.1) is 0 Å². The summed E-state index contributed by atoms with van der Waals surface area (Å²) in [5, 5.41) is 19.6. The zero-order chi connectivity index (χ0) is 13.3. The summed E-state index contributed by atoms with van der Waals surface area (Å²) in [6.45, 7) is 13.0. The first-order valence-electron chi connectivity index (χ1n) is 6.07. The smallest absolute Gasteiger partial charge is 0.0716 e. The van der Waals surface area contributed by atoms with Crippen molar-refractivity contribution in [3.05, 3.63) is 25.3 Å². The molecular formula is C13H27N3O. The Balaban J connectivity index is 4.72. The topological polar surface area (TPSA) is 56.3 Å². The van der Waals surface area contributed by atoms with E-state index in [9.17, 15) is 5.11 Å². The quantitative estimate of drug-likeness (QED) is 0.415. The molecule has 0 aliphatic carbocycles. The number of hydrogen-bond donors (Lipinski definition) is 4. The zero-order valence-electron chi connectivity index (χ0n) is 11.3. The standard InChI is InChI=1S/C13H27N3O/c1-6-8-15-11(3)13(10-17,14-5)12(4)16-9-7-2/h6-7,11-12,14-17H,1-2,8-10H2,3-5H3. The van der Waals surface area contributed by atoms with Crippen LogP contribution in [0.25, 0.3) is 0 Å². The van der Waals surface area contributed by atoms with Gasteiger partial charge in [0.2, 0.25) is 0 Å². The maximum absolute atomic E-state index is 9.72. The summed E-state index contributed by atoms with van der Waals surface area (Å²) in [6, 6.07) is 0.227. The van der Waals surface area contributed by atoms with Crippen LogP contribution in [-0.2, 0) is 0 Å². The van der Waals surface area contributed by atoms with E-state index in [2.05, 4.69) is 43.0 Å². The Bertz CT molecular complexity index is 207. The Morgan fingerprint density at radius 1 is 1.12 bits per heavy atom. The molecule has 0 saturated carbocycles. The molecule has 0 aromatic heterocycles. The number of likely N-dealkylation sites (N-methyl/N-ethyl adjacent to an activating group) is 1. The van der Waals surface area contributed by atoms with E-state index in [-0.39, 0.29) is 18.7 Å². The van der Waals surface area contributed by atoms with Gasteiger partial charge in [0.05, 0.1) is 12.1 Å². The number of aliphatic hydroxyl groups is 1. The average Bonchev–Trinajstić information content (AvgIpc) is 2.35. The molecule has 0 aromatic rings. The molecule has 0 aliphatic heterocycles. The van der Waals surface area contributed by atoms with Gasteiger partial charge < -0.3 is 21.1 Å². The number of rotatable bonds is 10. The summed E-state index contributed by atoms with van der Waals surface area (Å²) in [5.41, 5.74) is -0.411. The normalized spacial score (nSPS) is 18.1. The molecule has 4 N–H and O–H groups in total. The van der Waals surface area contributed by atoms with Crippen LogP contribution in [-0.4, -0.2) is 49.5 Å². The molecule has 4 nitrogen and oxygen atoms in total. The van der Waals surface area contributed by atoms with E-state index in [1.807, 2.05) is 19.2 Å². The van der Waals surface area contributed by atoms with E-state index in [1.165, 1.54) is 0 Å². The summed E-state index contributed by atoms with van der Waals surface area (Å²) < 4.78 is 0. The highest BCUT2D eigenvalue weighted by molar-refractivity contribution is 5.04. The second kappa shape index (κ2) is 8.42. The lowest BCUT2D eigenvalue weighted by atomic mass is 9.84. The van der Waals surface area contributed by atoms with Gasteiger partial charge in [-0.1, -0.05) is 12.2 Å². The lowest BCUT2D eigenvalue weighted by Crippen LogP contribution is -2.69. The van der Waals surface area contributed by atoms with Gasteiger partial charge in [0.15, 0.2) is 0 Å². The largest absolute Gasteiger partial charge is 0.394 e. The van der Waals surface area contributed by atoms with Crippen molar-refractivity contribution in [2.24, 2.45) is 0 Å². The van der Waals surface area contributed by atoms with Gasteiger partial charge in [0.1, 0.15) is 0 Å². The molecule has 0 bridgehead atoms. The lowest BCUT2D eigenvalue weighted by Gasteiger charge is -2.43. The van der Waals surface area contributed by atoms with Gasteiger partial charge in [-0.25, -0.2) is 0 Å². The minimum absolute atomic E-state index is 0.0557. The molecular weight excluding hydrogens is 214 g/mol. The van der Waals surface area contributed by atoms with Crippen molar-refractivity contribution in [1.29, 1.82) is 0 Å². The van der Waals surface area contributed by atoms with E-state index >= 15 is 0 Å². The Kier molecular flexibility index (Phi) is 8.08. The van der Waals surface area contributed by atoms with Crippen molar-refractivity contribution in [1.82, 2.24) is 16.0 Å². The van der Waals surface area contributed by atoms with Crippen LogP contribution >= 0.6 is 0 Å². The van der Waals surface area contributed by atoms with Crippen LogP contribution in [0.15, 0.2) is 25.3 Å². The SMILES string of the molecule is C=CCNC(C)C(CO)(NC)C(C)NCC=C. The van der Waals surface area contributed by atoms with Crippen molar-refractivity contribution < 1.29 is 5.11 Å². The van der Waals surface area contributed by atoms with E-state index in [1.54, 1.807) is 0 Å². The molecule has 100 valence electrons. The van der Waals surface area contributed by atoms with Gasteiger partial charge in [0.25, 0.3) is 0 Å². The Morgan fingerprint density at radius 2 is 1.53 bits per heavy atom. The zero-order valence-corrected chi connectivity index (χ0v) is 11.3. The van der Waals surface area contributed by atoms with E-state index in [4.69, 9.17) is 0 Å². The molecule has 2 unspecified atom stereocenters. The first kappa shape index (κ1) is 16.3. The molecule has 0 fully saturated rings. The summed E-state index contributed by atoms with van der Waals surface area (Å²) in [4.78, 5) is 0. The van der Waals surface area contributed by atoms with Crippen LogP contribution in [0.2, 0.25) is 0 Å². The molecule has 0 amide bonds. The maximum Gasteiger partial charge on any atom is 0.0716 e. The van der Waals surface area contributed by atoms with Crippen LogP contribution in [0.4, 0.5) is 0 Å². The minimum Gasteiger partial charge on any atom is -0.394 e. The van der Waals surface area contributed by atoms with Crippen molar-refractivity contribution >= 4 is 0 Å². The predicted molar refractivity (Wildman–Crippen MR) is 74.2 cm³/mol. The molecule has 2 atom stereocenters. The van der Waals surface area contributed by atoms with Crippen LogP contribution in [0.1, 0.15) is 13.8 Å². The summed E-state index contributed by atoms with van der Waals surface area (Å²) in [7, 11) is 1.87. The Hall–Kier alpha value is -0.680. The molecule has 4 heteroatoms. The first-order chi connectivity index (χ1) is 8.08. The average molecular weight is 241 g/mol. The van der Waals surface area contributed by atoms with Gasteiger partial charge in [-0.05, 0) is 20.9 Å². The molecule has 0 aliphatic rings. The highest BCUT2D eigenvalue weighted by Crippen LogP contribution is 2.15. The third-order valence-corrected chi connectivity index (χ3v) is 3.41. The summed E-state index contributed by atoms with van der Waals surface area (Å²) in [5.74, 6) is 0. The predicted octanol–water partition coefficient (Wildman–Crippen LogP) is 0.265. The fourth-order valence-electron chi connectivity index (χ4n) is 2.05. The van der Waals surface area contributed by atoms with Gasteiger partial charge in [-0.3, -0.25) is 0 Å². The fraction of sp³-hybridized carbons (Fsp3) is 0.692. The van der Waals surface area contributed by atoms with Gasteiger partial charge in [-0.2, -0.15) is 0 Å². The monoisotopic (exact) mass is 241 g/mol. The van der Waals surface area contributed by atoms with Crippen molar-refractivity contribution in [2.45, 2.75) is 31.5 Å². The Morgan fingerprint density at radius 3 is 1.76 bits per heavy atom. The first-order valence-corrected chi connectivity index (χ1v) is 6.07. The number of nitrogens with one attached hydrogen (secondary N) is 3. The summed E-state index contributed by atoms with van der Waals surface area (Å²) >= 11 is 0. The van der Waals surface area contributed by atoms with Crippen LogP contribution in [0.3, 0.4) is 0 Å². The Labute approximate surface area is 105 Å². The van der Waals surface area contributed by atoms with Crippen molar-refractivity contribution in [3.63, 3.8) is 0 Å². The van der Waals surface area contributed by atoms with E-state index in [0.717, 1.165) is 13.1 Å². The molecule has 17 heavy (non-hydrogen) atoms. The van der Waals surface area contributed by atoms with E-state index in [0.29, 0.717) is 0 Å². The van der Waals surface area contributed by atoms with E-state index < -0.39 is 5.54 Å².